The second kappa shape index (κ2) is 9.32. The normalized spacial score (nSPS) is 13.6. The SMILES string of the molecule is CC1(C)c2ccccc2-c2c(N(c3ccc4c(c3)sc3ccccc34)c3cc4ccccc4c4oc5ccccc5c34)cccc21. The Kier molecular flexibility index (Phi) is 5.25. The fourth-order valence-electron chi connectivity index (χ4n) is 7.90. The molecule has 7 aromatic carbocycles. The Morgan fingerprint density at radius 2 is 1.28 bits per heavy atom. The van der Waals surface area contributed by atoms with Gasteiger partial charge in [-0.15, -0.1) is 11.3 Å². The number of fused-ring (bicyclic) bond motifs is 11. The summed E-state index contributed by atoms with van der Waals surface area (Å²) in [6, 6.07) is 50.9. The van der Waals surface area contributed by atoms with E-state index in [0.717, 1.165) is 44.1 Å². The molecule has 9 aromatic rings. The predicted octanol–water partition coefficient (Wildman–Crippen LogP) is 12.9. The van der Waals surface area contributed by atoms with Gasteiger partial charge < -0.3 is 9.32 Å². The molecule has 2 nitrogen and oxygen atoms in total. The molecule has 2 heterocycles. The first-order chi connectivity index (χ1) is 22.6. The topological polar surface area (TPSA) is 16.4 Å². The molecule has 0 fully saturated rings. The third-order valence-electron chi connectivity index (χ3n) is 10.0. The first-order valence-electron chi connectivity index (χ1n) is 15.9. The Morgan fingerprint density at radius 3 is 2.20 bits per heavy atom. The third-order valence-corrected chi connectivity index (χ3v) is 11.2. The van der Waals surface area contributed by atoms with E-state index in [-0.39, 0.29) is 5.41 Å². The van der Waals surface area contributed by atoms with Crippen LogP contribution in [-0.2, 0) is 5.41 Å². The van der Waals surface area contributed by atoms with Crippen LogP contribution in [0.1, 0.15) is 25.0 Å². The Hall–Kier alpha value is -5.38. The lowest BCUT2D eigenvalue weighted by atomic mass is 9.82. The van der Waals surface area contributed by atoms with E-state index in [2.05, 4.69) is 158 Å². The maximum absolute atomic E-state index is 6.70. The van der Waals surface area contributed by atoms with Crippen molar-refractivity contribution in [2.24, 2.45) is 0 Å². The number of furan rings is 1. The quantitative estimate of drug-likeness (QED) is 0.199. The molecule has 1 aliphatic rings. The van der Waals surface area contributed by atoms with Crippen LogP contribution in [0.5, 0.6) is 0 Å². The summed E-state index contributed by atoms with van der Waals surface area (Å²) in [5, 5.41) is 7.15. The molecule has 0 atom stereocenters. The lowest BCUT2D eigenvalue weighted by Crippen LogP contribution is -2.16. The zero-order valence-corrected chi connectivity index (χ0v) is 26.4. The first-order valence-corrected chi connectivity index (χ1v) is 16.7. The van der Waals surface area contributed by atoms with Crippen molar-refractivity contribution in [1.82, 2.24) is 0 Å². The van der Waals surface area contributed by atoms with E-state index in [1.807, 2.05) is 11.3 Å². The molecule has 46 heavy (non-hydrogen) atoms. The molecule has 0 radical (unpaired) electrons. The summed E-state index contributed by atoms with van der Waals surface area (Å²) in [5.41, 5.74) is 10.5. The molecule has 0 aliphatic heterocycles. The molecular weight excluding hydrogens is 579 g/mol. The molecule has 1 aliphatic carbocycles. The summed E-state index contributed by atoms with van der Waals surface area (Å²) in [7, 11) is 0. The molecule has 0 saturated carbocycles. The maximum Gasteiger partial charge on any atom is 0.145 e. The van der Waals surface area contributed by atoms with Crippen molar-refractivity contribution in [3.63, 3.8) is 0 Å². The lowest BCUT2D eigenvalue weighted by Gasteiger charge is -2.30. The highest BCUT2D eigenvalue weighted by Gasteiger charge is 2.38. The van der Waals surface area contributed by atoms with Gasteiger partial charge >= 0.3 is 0 Å². The average Bonchev–Trinajstić information content (AvgIpc) is 3.74. The average molecular weight is 608 g/mol. The van der Waals surface area contributed by atoms with E-state index < -0.39 is 0 Å². The number of hydrogen-bond donors (Lipinski definition) is 0. The summed E-state index contributed by atoms with van der Waals surface area (Å²) in [5.74, 6) is 0. The van der Waals surface area contributed by atoms with Crippen LogP contribution in [0.25, 0.3) is 64.0 Å². The van der Waals surface area contributed by atoms with Gasteiger partial charge in [-0.25, -0.2) is 0 Å². The van der Waals surface area contributed by atoms with Crippen molar-refractivity contribution in [3.8, 4) is 11.1 Å². The highest BCUT2D eigenvalue weighted by molar-refractivity contribution is 7.25. The molecule has 3 heteroatoms. The summed E-state index contributed by atoms with van der Waals surface area (Å²) in [4.78, 5) is 2.50. The van der Waals surface area contributed by atoms with Crippen LogP contribution in [0, 0.1) is 0 Å². The second-order valence-corrected chi connectivity index (χ2v) is 14.0. The summed E-state index contributed by atoms with van der Waals surface area (Å²) < 4.78 is 9.29. The van der Waals surface area contributed by atoms with Crippen molar-refractivity contribution in [3.05, 3.63) is 151 Å². The van der Waals surface area contributed by atoms with Crippen molar-refractivity contribution in [2.45, 2.75) is 19.3 Å². The Morgan fingerprint density at radius 1 is 0.565 bits per heavy atom. The van der Waals surface area contributed by atoms with Gasteiger partial charge in [0.25, 0.3) is 0 Å². The monoisotopic (exact) mass is 607 g/mol. The van der Waals surface area contributed by atoms with Crippen LogP contribution in [-0.4, -0.2) is 0 Å². The summed E-state index contributed by atoms with van der Waals surface area (Å²) in [6.45, 7) is 4.71. The number of nitrogens with zero attached hydrogens (tertiary/aromatic N) is 1. The minimum atomic E-state index is -0.107. The Labute approximate surface area is 270 Å². The van der Waals surface area contributed by atoms with Crippen molar-refractivity contribution >= 4 is 81.3 Å². The number of hydrogen-bond acceptors (Lipinski definition) is 3. The summed E-state index contributed by atoms with van der Waals surface area (Å²) >= 11 is 1.86. The van der Waals surface area contributed by atoms with Gasteiger partial charge in [-0.1, -0.05) is 117 Å². The zero-order valence-electron chi connectivity index (χ0n) is 25.5. The molecular formula is C43H29NOS. The number of para-hydroxylation sites is 1. The van der Waals surface area contributed by atoms with Gasteiger partial charge in [0.2, 0.25) is 0 Å². The largest absolute Gasteiger partial charge is 0.455 e. The third kappa shape index (κ3) is 3.46. The van der Waals surface area contributed by atoms with E-state index in [1.54, 1.807) is 0 Å². The van der Waals surface area contributed by atoms with Gasteiger partial charge in [0, 0.05) is 47.6 Å². The Bertz CT molecular complexity index is 2690. The van der Waals surface area contributed by atoms with Crippen molar-refractivity contribution in [2.75, 3.05) is 4.90 Å². The fraction of sp³-hybridized carbons (Fsp3) is 0.0698. The van der Waals surface area contributed by atoms with E-state index >= 15 is 0 Å². The van der Waals surface area contributed by atoms with Gasteiger partial charge in [0.05, 0.1) is 16.8 Å². The minimum Gasteiger partial charge on any atom is -0.455 e. The number of anilines is 3. The van der Waals surface area contributed by atoms with Gasteiger partial charge in [0.15, 0.2) is 0 Å². The van der Waals surface area contributed by atoms with Crippen LogP contribution in [0.15, 0.2) is 144 Å². The van der Waals surface area contributed by atoms with Crippen molar-refractivity contribution in [1.29, 1.82) is 0 Å². The van der Waals surface area contributed by atoms with E-state index in [9.17, 15) is 0 Å². The Balaban J connectivity index is 1.36. The number of rotatable bonds is 3. The molecule has 218 valence electrons. The highest BCUT2D eigenvalue weighted by atomic mass is 32.1. The minimum absolute atomic E-state index is 0.107. The number of thiophene rings is 1. The van der Waals surface area contributed by atoms with Crippen LogP contribution in [0.4, 0.5) is 17.1 Å². The van der Waals surface area contributed by atoms with Gasteiger partial charge in [-0.05, 0) is 58.5 Å². The van der Waals surface area contributed by atoms with Crippen LogP contribution < -0.4 is 4.90 Å². The molecule has 2 aromatic heterocycles. The second-order valence-electron chi connectivity index (χ2n) is 12.9. The number of benzene rings is 7. The first kappa shape index (κ1) is 25.9. The molecule has 10 rings (SSSR count). The van der Waals surface area contributed by atoms with Crippen LogP contribution >= 0.6 is 11.3 Å². The van der Waals surface area contributed by atoms with Gasteiger partial charge in [-0.3, -0.25) is 0 Å². The predicted molar refractivity (Wildman–Crippen MR) is 196 cm³/mol. The van der Waals surface area contributed by atoms with Crippen LogP contribution in [0.3, 0.4) is 0 Å². The maximum atomic E-state index is 6.70. The van der Waals surface area contributed by atoms with Crippen LogP contribution in [0.2, 0.25) is 0 Å². The van der Waals surface area contributed by atoms with E-state index in [4.69, 9.17) is 4.42 Å². The van der Waals surface area contributed by atoms with Crippen molar-refractivity contribution < 1.29 is 4.42 Å². The van der Waals surface area contributed by atoms with E-state index in [1.165, 1.54) is 48.1 Å². The zero-order chi connectivity index (χ0) is 30.6. The molecule has 0 N–H and O–H groups in total. The summed E-state index contributed by atoms with van der Waals surface area (Å²) in [6.07, 6.45) is 0. The van der Waals surface area contributed by atoms with Gasteiger partial charge in [0.1, 0.15) is 11.2 Å². The highest BCUT2D eigenvalue weighted by Crippen LogP contribution is 2.55. The molecule has 0 saturated heterocycles. The molecule has 0 spiro atoms. The standard InChI is InChI=1S/C43H29NOS/c1-43(2)33-17-8-5-15-31(33)40-34(43)18-11-19-35(40)44(27-22-23-30-29-14-7-10-21-38(29)46-39(30)25-27)36-24-26-12-3-4-13-28(26)42-41(36)32-16-6-9-20-37(32)45-42/h3-25H,1-2H3. The smallest absolute Gasteiger partial charge is 0.145 e. The molecule has 0 bridgehead atoms. The molecule has 0 unspecified atom stereocenters. The lowest BCUT2D eigenvalue weighted by molar-refractivity contribution is 0.660. The van der Waals surface area contributed by atoms with Gasteiger partial charge in [-0.2, -0.15) is 0 Å². The fourth-order valence-corrected chi connectivity index (χ4v) is 9.04. The molecule has 0 amide bonds. The van der Waals surface area contributed by atoms with E-state index in [0.29, 0.717) is 0 Å².